The van der Waals surface area contributed by atoms with Gasteiger partial charge in [0.05, 0.1) is 19.7 Å². The molecule has 0 bridgehead atoms. The molecule has 0 aliphatic heterocycles. The molecule has 3 rings (SSSR count). The van der Waals surface area contributed by atoms with Gasteiger partial charge in [-0.25, -0.2) is 9.36 Å². The highest BCUT2D eigenvalue weighted by Gasteiger charge is 2.27. The van der Waals surface area contributed by atoms with E-state index in [-0.39, 0.29) is 27.8 Å². The van der Waals surface area contributed by atoms with Gasteiger partial charge < -0.3 is 25.6 Å². The lowest BCUT2D eigenvalue weighted by Crippen LogP contribution is -2.19. The molecule has 1 heterocycles. The lowest BCUT2D eigenvalue weighted by molar-refractivity contribution is 0.101. The van der Waals surface area contributed by atoms with E-state index in [1.165, 1.54) is 45.4 Å². The summed E-state index contributed by atoms with van der Waals surface area (Å²) in [4.78, 5) is 36.9. The molecule has 9 nitrogen and oxygen atoms in total. The van der Waals surface area contributed by atoms with Crippen LogP contribution in [0.3, 0.4) is 0 Å². The van der Waals surface area contributed by atoms with Crippen molar-refractivity contribution in [3.63, 3.8) is 0 Å². The highest BCUT2D eigenvalue weighted by atomic mass is 16.5. The van der Waals surface area contributed by atoms with Gasteiger partial charge in [-0.3, -0.25) is 9.59 Å². The molecule has 1 aromatic heterocycles. The van der Waals surface area contributed by atoms with Crippen molar-refractivity contribution in [2.24, 2.45) is 5.73 Å². The molecule has 2 amide bonds. The summed E-state index contributed by atoms with van der Waals surface area (Å²) in [7, 11) is 2.94. The molecule has 0 saturated carbocycles. The number of hydrogen-bond donors (Lipinski definition) is 3. The average molecular weight is 397 g/mol. The van der Waals surface area contributed by atoms with Crippen LogP contribution < -0.4 is 20.5 Å². The Labute approximate surface area is 165 Å². The van der Waals surface area contributed by atoms with Crippen LogP contribution in [-0.2, 0) is 0 Å². The number of carbonyl (C=O) groups excluding carboxylic acids is 3. The molecule has 0 unspecified atom stereocenters. The van der Waals surface area contributed by atoms with E-state index >= 15 is 0 Å². The third kappa shape index (κ3) is 3.33. The van der Waals surface area contributed by atoms with Gasteiger partial charge in [0.1, 0.15) is 5.56 Å². The number of primary amides is 1. The van der Waals surface area contributed by atoms with E-state index < -0.39 is 17.8 Å². The van der Waals surface area contributed by atoms with Crippen LogP contribution in [0.1, 0.15) is 27.6 Å². The summed E-state index contributed by atoms with van der Waals surface area (Å²) in [6, 6.07) is 8.25. The summed E-state index contributed by atoms with van der Waals surface area (Å²) in [5, 5.41) is 13.3. The fraction of sp³-hybridized carbons (Fsp3) is 0.150. The van der Waals surface area contributed by atoms with Gasteiger partial charge in [0, 0.05) is 22.7 Å². The van der Waals surface area contributed by atoms with Crippen LogP contribution in [0.2, 0.25) is 0 Å². The average Bonchev–Trinajstić information content (AvgIpc) is 2.99. The van der Waals surface area contributed by atoms with Crippen LogP contribution in [0, 0.1) is 0 Å². The summed E-state index contributed by atoms with van der Waals surface area (Å²) in [5.41, 5.74) is 5.81. The molecule has 0 fully saturated rings. The number of aromatic nitrogens is 1. The predicted octanol–water partition coefficient (Wildman–Crippen LogP) is 2.75. The van der Waals surface area contributed by atoms with E-state index in [4.69, 9.17) is 15.2 Å². The van der Waals surface area contributed by atoms with E-state index in [1.54, 1.807) is 12.1 Å². The molecule has 2 aromatic carbocycles. The predicted molar refractivity (Wildman–Crippen MR) is 106 cm³/mol. The zero-order chi connectivity index (χ0) is 21.3. The lowest BCUT2D eigenvalue weighted by Gasteiger charge is -2.11. The molecule has 0 atom stereocenters. The maximum absolute atomic E-state index is 13.0. The Morgan fingerprint density at radius 2 is 1.76 bits per heavy atom. The van der Waals surface area contributed by atoms with Crippen LogP contribution in [0.15, 0.2) is 36.4 Å². The number of nitrogens with two attached hydrogens (primary N) is 1. The first kappa shape index (κ1) is 19.7. The van der Waals surface area contributed by atoms with E-state index in [1.807, 2.05) is 0 Å². The summed E-state index contributed by atoms with van der Waals surface area (Å²) >= 11 is 0. The third-order valence-electron chi connectivity index (χ3n) is 4.44. The number of nitrogens with one attached hydrogen (secondary N) is 1. The molecule has 4 N–H and O–H groups in total. The molecule has 0 saturated heterocycles. The van der Waals surface area contributed by atoms with Gasteiger partial charge in [-0.2, -0.15) is 0 Å². The van der Waals surface area contributed by atoms with Crippen LogP contribution in [0.4, 0.5) is 10.5 Å². The molecular weight excluding hydrogens is 378 g/mol. The highest BCUT2D eigenvalue weighted by Crippen LogP contribution is 2.35. The van der Waals surface area contributed by atoms with Crippen molar-refractivity contribution >= 4 is 34.3 Å². The molecule has 0 radical (unpaired) electrons. The van der Waals surface area contributed by atoms with Crippen molar-refractivity contribution in [1.82, 2.24) is 4.57 Å². The molecule has 0 spiro atoms. The summed E-state index contributed by atoms with van der Waals surface area (Å²) in [6.07, 6.45) is 0. The maximum atomic E-state index is 13.0. The number of carbonyl (C=O) groups is 3. The van der Waals surface area contributed by atoms with Crippen LogP contribution in [0.5, 0.6) is 17.4 Å². The minimum atomic E-state index is -0.988. The topological polar surface area (TPSA) is 133 Å². The van der Waals surface area contributed by atoms with Crippen molar-refractivity contribution < 1.29 is 29.0 Å². The van der Waals surface area contributed by atoms with E-state index in [2.05, 4.69) is 5.32 Å². The summed E-state index contributed by atoms with van der Waals surface area (Å²) < 4.78 is 11.2. The number of ketones is 1. The van der Waals surface area contributed by atoms with Crippen molar-refractivity contribution in [3.8, 4) is 17.4 Å². The zero-order valence-corrected chi connectivity index (χ0v) is 16.0. The molecule has 9 heteroatoms. The molecule has 0 aliphatic rings. The fourth-order valence-electron chi connectivity index (χ4n) is 3.17. The first-order chi connectivity index (χ1) is 13.8. The fourth-order valence-corrected chi connectivity index (χ4v) is 3.17. The van der Waals surface area contributed by atoms with Gasteiger partial charge in [0.25, 0.3) is 5.91 Å². The number of rotatable bonds is 5. The maximum Gasteiger partial charge on any atom is 0.326 e. The van der Waals surface area contributed by atoms with Crippen molar-refractivity contribution in [1.29, 1.82) is 0 Å². The number of methoxy groups -OCH3 is 2. The second-order valence-electron chi connectivity index (χ2n) is 6.15. The van der Waals surface area contributed by atoms with Crippen molar-refractivity contribution in [3.05, 3.63) is 47.5 Å². The van der Waals surface area contributed by atoms with E-state index in [0.717, 1.165) is 4.57 Å². The quantitative estimate of drug-likeness (QED) is 0.567. The normalized spacial score (nSPS) is 10.6. The Hall–Kier alpha value is -4.01. The Balaban J connectivity index is 2.16. The smallest absolute Gasteiger partial charge is 0.326 e. The van der Waals surface area contributed by atoms with Crippen LogP contribution in [-0.4, -0.2) is 41.6 Å². The van der Waals surface area contributed by atoms with Gasteiger partial charge >= 0.3 is 6.03 Å². The number of anilines is 1. The van der Waals surface area contributed by atoms with E-state index in [0.29, 0.717) is 17.2 Å². The van der Waals surface area contributed by atoms with E-state index in [9.17, 15) is 19.5 Å². The van der Waals surface area contributed by atoms with Crippen LogP contribution in [0.25, 0.3) is 10.9 Å². The standard InChI is InChI=1S/C20H19N3O6/c1-10(24)12-5-4-6-13-16(12)17(19(26)23(13)20(21)27)18(25)22-11-7-8-14(28-2)15(9-11)29-3/h4-9,26H,1-3H3,(H2,21,27)(H,22,25). The van der Waals surface area contributed by atoms with Gasteiger partial charge in [-0.1, -0.05) is 12.1 Å². The number of ether oxygens (including phenoxy) is 2. The number of benzene rings is 2. The minimum absolute atomic E-state index is 0.134. The SMILES string of the molecule is COc1ccc(NC(=O)c2c(O)n(C(N)=O)c3cccc(C(C)=O)c23)cc1OC. The Morgan fingerprint density at radius 3 is 2.34 bits per heavy atom. The molecule has 150 valence electrons. The number of fused-ring (bicyclic) bond motifs is 1. The second-order valence-corrected chi connectivity index (χ2v) is 6.15. The molecule has 3 aromatic rings. The summed E-state index contributed by atoms with van der Waals surface area (Å²) in [5.74, 6) is -0.860. The number of nitrogens with zero attached hydrogens (tertiary/aromatic N) is 1. The molecular formula is C20H19N3O6. The Morgan fingerprint density at radius 1 is 1.07 bits per heavy atom. The highest BCUT2D eigenvalue weighted by molar-refractivity contribution is 6.21. The van der Waals surface area contributed by atoms with Crippen molar-refractivity contribution in [2.75, 3.05) is 19.5 Å². The van der Waals surface area contributed by atoms with Gasteiger partial charge in [-0.15, -0.1) is 0 Å². The molecule has 0 aliphatic carbocycles. The monoisotopic (exact) mass is 397 g/mol. The van der Waals surface area contributed by atoms with Crippen molar-refractivity contribution in [2.45, 2.75) is 6.92 Å². The Kier molecular flexibility index (Phi) is 5.14. The largest absolute Gasteiger partial charge is 0.494 e. The minimum Gasteiger partial charge on any atom is -0.494 e. The first-order valence-electron chi connectivity index (χ1n) is 8.50. The Bertz CT molecular complexity index is 1150. The summed E-state index contributed by atoms with van der Waals surface area (Å²) in [6.45, 7) is 1.32. The number of Topliss-reactive ketones (excluding diaryl/α,β-unsaturated/α-hetero) is 1. The first-order valence-corrected chi connectivity index (χ1v) is 8.50. The van der Waals surface area contributed by atoms with Crippen LogP contribution >= 0.6 is 0 Å². The second kappa shape index (κ2) is 7.55. The zero-order valence-electron chi connectivity index (χ0n) is 16.0. The van der Waals surface area contributed by atoms with Gasteiger partial charge in [-0.05, 0) is 25.1 Å². The third-order valence-corrected chi connectivity index (χ3v) is 4.44. The molecule has 29 heavy (non-hydrogen) atoms. The number of aromatic hydroxyl groups is 1. The van der Waals surface area contributed by atoms with Gasteiger partial charge in [0.15, 0.2) is 17.3 Å². The number of amides is 2. The van der Waals surface area contributed by atoms with Gasteiger partial charge in [0.2, 0.25) is 5.88 Å². The lowest BCUT2D eigenvalue weighted by atomic mass is 10.0. The number of hydrogen-bond acceptors (Lipinski definition) is 6.